The third kappa shape index (κ3) is 3.29. The third-order valence-electron chi connectivity index (χ3n) is 3.63. The van der Waals surface area contributed by atoms with Crippen molar-refractivity contribution in [3.8, 4) is 11.3 Å². The molecule has 0 bridgehead atoms. The lowest BCUT2D eigenvalue weighted by atomic mass is 10.1. The molecule has 0 saturated carbocycles. The molecule has 0 radical (unpaired) electrons. The van der Waals surface area contributed by atoms with Crippen LogP contribution in [-0.2, 0) is 0 Å². The molecule has 1 fully saturated rings. The Morgan fingerprint density at radius 2 is 2.00 bits per heavy atom. The zero-order valence-electron chi connectivity index (χ0n) is 11.8. The molecular weight excluding hydrogens is 331 g/mol. The van der Waals surface area contributed by atoms with Crippen LogP contribution in [0.2, 0.25) is 0 Å². The first-order valence-electron chi connectivity index (χ1n) is 6.84. The van der Waals surface area contributed by atoms with E-state index in [1.807, 2.05) is 0 Å². The molecule has 0 spiro atoms. The summed E-state index contributed by atoms with van der Waals surface area (Å²) < 4.78 is 44.5. The first-order valence-corrected chi connectivity index (χ1v) is 7.62. The van der Waals surface area contributed by atoms with Crippen LogP contribution in [0.25, 0.3) is 11.3 Å². The van der Waals surface area contributed by atoms with Gasteiger partial charge >= 0.3 is 5.97 Å². The Labute approximate surface area is 133 Å². The van der Waals surface area contributed by atoms with Crippen molar-refractivity contribution in [1.82, 2.24) is 9.36 Å². The highest BCUT2D eigenvalue weighted by atomic mass is 32.1. The Morgan fingerprint density at radius 1 is 1.30 bits per heavy atom. The van der Waals surface area contributed by atoms with Crippen LogP contribution < -0.4 is 4.90 Å². The van der Waals surface area contributed by atoms with Crippen LogP contribution in [0.3, 0.4) is 0 Å². The second kappa shape index (κ2) is 5.80. The Hall–Kier alpha value is -2.16. The molecule has 1 aliphatic heterocycles. The van der Waals surface area contributed by atoms with E-state index >= 15 is 0 Å². The van der Waals surface area contributed by atoms with Crippen molar-refractivity contribution >= 4 is 23.3 Å². The molecule has 1 saturated heterocycles. The molecule has 9 heteroatoms. The maximum absolute atomic E-state index is 14.2. The number of nitrogens with zero attached hydrogens (tertiary/aromatic N) is 3. The van der Waals surface area contributed by atoms with Gasteiger partial charge in [0, 0.05) is 37.7 Å². The van der Waals surface area contributed by atoms with Crippen molar-refractivity contribution in [1.29, 1.82) is 0 Å². The number of hydrogen-bond donors (Lipinski definition) is 1. The van der Waals surface area contributed by atoms with Crippen LogP contribution >= 0.6 is 11.5 Å². The molecule has 0 amide bonds. The van der Waals surface area contributed by atoms with Crippen LogP contribution in [-0.4, -0.2) is 39.4 Å². The maximum Gasteiger partial charge on any atom is 0.347 e. The number of carbonyl (C=O) groups is 1. The smallest absolute Gasteiger partial charge is 0.347 e. The minimum absolute atomic E-state index is 0.0259. The fraction of sp³-hybridized carbons (Fsp3) is 0.357. The molecule has 3 heterocycles. The molecule has 23 heavy (non-hydrogen) atoms. The van der Waals surface area contributed by atoms with Crippen LogP contribution in [0, 0.1) is 5.82 Å². The van der Waals surface area contributed by atoms with Crippen molar-refractivity contribution in [3.05, 3.63) is 29.0 Å². The largest absolute Gasteiger partial charge is 0.477 e. The third-order valence-corrected chi connectivity index (χ3v) is 4.41. The summed E-state index contributed by atoms with van der Waals surface area (Å²) in [6, 6.07) is 2.53. The van der Waals surface area contributed by atoms with E-state index in [4.69, 9.17) is 5.11 Å². The van der Waals surface area contributed by atoms with Gasteiger partial charge in [-0.25, -0.2) is 22.9 Å². The van der Waals surface area contributed by atoms with E-state index in [-0.39, 0.29) is 36.6 Å². The Kier molecular flexibility index (Phi) is 3.97. The Balaban J connectivity index is 1.82. The predicted molar refractivity (Wildman–Crippen MR) is 78.7 cm³/mol. The number of halogens is 3. The number of aromatic nitrogens is 2. The lowest BCUT2D eigenvalue weighted by Crippen LogP contribution is -2.40. The van der Waals surface area contributed by atoms with Crippen molar-refractivity contribution in [2.45, 2.75) is 18.8 Å². The molecule has 5 nitrogen and oxygen atoms in total. The van der Waals surface area contributed by atoms with Crippen molar-refractivity contribution in [3.63, 3.8) is 0 Å². The number of hydrogen-bond acceptors (Lipinski definition) is 5. The molecule has 0 aliphatic carbocycles. The van der Waals surface area contributed by atoms with Gasteiger partial charge in [0.25, 0.3) is 5.92 Å². The first-order chi connectivity index (χ1) is 10.9. The number of rotatable bonds is 3. The van der Waals surface area contributed by atoms with Gasteiger partial charge in [-0.3, -0.25) is 0 Å². The summed E-state index contributed by atoms with van der Waals surface area (Å²) in [6.07, 6.45) is 0.708. The minimum atomic E-state index is -2.71. The molecular formula is C14H12F3N3O2S. The molecule has 3 rings (SSSR count). The standard InChI is InChI=1S/C14H12F3N3O2S/c15-9-5-8(10-6-11(13(21)22)23-19-10)7-18-12(9)20-3-1-14(16,17)2-4-20/h5-7H,1-4H2,(H,21,22). The van der Waals surface area contributed by atoms with Crippen LogP contribution in [0.1, 0.15) is 22.5 Å². The maximum atomic E-state index is 14.2. The Morgan fingerprint density at radius 3 is 2.57 bits per heavy atom. The number of aromatic carboxylic acids is 1. The van der Waals surface area contributed by atoms with Gasteiger partial charge in [-0.2, -0.15) is 4.37 Å². The summed E-state index contributed by atoms with van der Waals surface area (Å²) in [5, 5.41) is 8.87. The average molecular weight is 343 g/mol. The molecule has 1 aliphatic rings. The topological polar surface area (TPSA) is 66.3 Å². The quantitative estimate of drug-likeness (QED) is 0.926. The number of carboxylic acid groups (broad SMARTS) is 1. The van der Waals surface area contributed by atoms with Crippen molar-refractivity contribution in [2.24, 2.45) is 0 Å². The SMILES string of the molecule is O=C(O)c1cc(-c2cnc(N3CCC(F)(F)CC3)c(F)c2)ns1. The number of anilines is 1. The summed E-state index contributed by atoms with van der Waals surface area (Å²) in [6.45, 7) is 0.0757. The summed E-state index contributed by atoms with van der Waals surface area (Å²) in [7, 11) is 0. The van der Waals surface area contributed by atoms with Crippen LogP contribution in [0.5, 0.6) is 0 Å². The molecule has 2 aromatic heterocycles. The second-order valence-corrected chi connectivity index (χ2v) is 6.06. The van der Waals surface area contributed by atoms with E-state index in [0.717, 1.165) is 11.5 Å². The highest BCUT2D eigenvalue weighted by Gasteiger charge is 2.35. The normalized spacial score (nSPS) is 17.3. The van der Waals surface area contributed by atoms with E-state index in [9.17, 15) is 18.0 Å². The fourth-order valence-corrected chi connectivity index (χ4v) is 2.96. The summed E-state index contributed by atoms with van der Waals surface area (Å²) in [5.41, 5.74) is 0.660. The van der Waals surface area contributed by atoms with E-state index < -0.39 is 17.7 Å². The monoisotopic (exact) mass is 343 g/mol. The highest BCUT2D eigenvalue weighted by Crippen LogP contribution is 2.32. The van der Waals surface area contributed by atoms with Crippen molar-refractivity contribution < 1.29 is 23.1 Å². The van der Waals surface area contributed by atoms with Crippen LogP contribution in [0.4, 0.5) is 19.0 Å². The first kappa shape index (κ1) is 15.7. The molecule has 2 aromatic rings. The van der Waals surface area contributed by atoms with Gasteiger partial charge in [-0.1, -0.05) is 0 Å². The summed E-state index contributed by atoms with van der Waals surface area (Å²) >= 11 is 0.797. The van der Waals surface area contributed by atoms with Gasteiger partial charge in [0.2, 0.25) is 0 Å². The molecule has 0 aromatic carbocycles. The highest BCUT2D eigenvalue weighted by molar-refractivity contribution is 7.08. The van der Waals surface area contributed by atoms with E-state index in [2.05, 4.69) is 9.36 Å². The van der Waals surface area contributed by atoms with E-state index in [0.29, 0.717) is 11.3 Å². The fourth-order valence-electron chi connectivity index (χ4n) is 2.36. The zero-order valence-corrected chi connectivity index (χ0v) is 12.6. The van der Waals surface area contributed by atoms with Gasteiger partial charge in [-0.15, -0.1) is 0 Å². The predicted octanol–water partition coefficient (Wildman–Crippen LogP) is 3.28. The molecule has 0 atom stereocenters. The molecule has 0 unspecified atom stereocenters. The number of pyridine rings is 1. The van der Waals surface area contributed by atoms with E-state index in [1.54, 1.807) is 0 Å². The van der Waals surface area contributed by atoms with Gasteiger partial charge < -0.3 is 10.0 Å². The van der Waals surface area contributed by atoms with Crippen LogP contribution in [0.15, 0.2) is 18.3 Å². The summed E-state index contributed by atoms with van der Waals surface area (Å²) in [5.74, 6) is -4.43. The zero-order chi connectivity index (χ0) is 16.6. The van der Waals surface area contributed by atoms with E-state index in [1.165, 1.54) is 23.2 Å². The minimum Gasteiger partial charge on any atom is -0.477 e. The lowest BCUT2D eigenvalue weighted by Gasteiger charge is -2.32. The van der Waals surface area contributed by atoms with Gasteiger partial charge in [0.05, 0.1) is 5.69 Å². The van der Waals surface area contributed by atoms with Gasteiger partial charge in [0.15, 0.2) is 11.6 Å². The Bertz CT molecular complexity index is 741. The summed E-state index contributed by atoms with van der Waals surface area (Å²) in [4.78, 5) is 16.4. The second-order valence-electron chi connectivity index (χ2n) is 5.25. The number of alkyl halides is 2. The molecule has 122 valence electrons. The van der Waals surface area contributed by atoms with Gasteiger partial charge in [0.1, 0.15) is 4.88 Å². The lowest BCUT2D eigenvalue weighted by molar-refractivity contribution is -0.0222. The van der Waals surface area contributed by atoms with Gasteiger partial charge in [-0.05, 0) is 23.7 Å². The van der Waals surface area contributed by atoms with Crippen molar-refractivity contribution in [2.75, 3.05) is 18.0 Å². The number of piperidine rings is 1. The average Bonchev–Trinajstić information content (AvgIpc) is 2.98. The molecule has 1 N–H and O–H groups in total. The number of carboxylic acids is 1.